The van der Waals surface area contributed by atoms with Gasteiger partial charge in [-0.25, -0.2) is 4.39 Å². The summed E-state index contributed by atoms with van der Waals surface area (Å²) in [6.45, 7) is 3.70. The summed E-state index contributed by atoms with van der Waals surface area (Å²) in [6, 6.07) is 8.89. The third kappa shape index (κ3) is 2.68. The molecule has 2 aliphatic heterocycles. The molecule has 4 nitrogen and oxygen atoms in total. The molecule has 2 aliphatic rings. The normalized spacial score (nSPS) is 18.7. The summed E-state index contributed by atoms with van der Waals surface area (Å²) in [5.41, 5.74) is 5.80. The van der Waals surface area contributed by atoms with Crippen molar-refractivity contribution in [2.75, 3.05) is 23.8 Å². The van der Waals surface area contributed by atoms with E-state index in [1.165, 1.54) is 17.2 Å². The van der Waals surface area contributed by atoms with Gasteiger partial charge in [-0.3, -0.25) is 4.79 Å². The Morgan fingerprint density at radius 1 is 1.28 bits per heavy atom. The highest BCUT2D eigenvalue weighted by Crippen LogP contribution is 2.36. The predicted octanol–water partition coefficient (Wildman–Crippen LogP) is 2.78. The highest BCUT2D eigenvalue weighted by molar-refractivity contribution is 5.99. The number of benzene rings is 2. The SMILES string of the molecule is Cc1ccc(F)c2c1N(C)C(C(=O)Nc1cccc3c1CCNC3)C2. The molecule has 0 radical (unpaired) electrons. The smallest absolute Gasteiger partial charge is 0.247 e. The van der Waals surface area contributed by atoms with Crippen LogP contribution in [0.1, 0.15) is 22.3 Å². The second-order valence-corrected chi connectivity index (χ2v) is 6.88. The van der Waals surface area contributed by atoms with Crippen molar-refractivity contribution in [2.24, 2.45) is 0 Å². The van der Waals surface area contributed by atoms with Gasteiger partial charge in [-0.1, -0.05) is 18.2 Å². The van der Waals surface area contributed by atoms with Crippen molar-refractivity contribution in [3.63, 3.8) is 0 Å². The van der Waals surface area contributed by atoms with Gasteiger partial charge in [0.15, 0.2) is 0 Å². The Morgan fingerprint density at radius 2 is 2.12 bits per heavy atom. The van der Waals surface area contributed by atoms with Gasteiger partial charge in [0.1, 0.15) is 11.9 Å². The minimum absolute atomic E-state index is 0.0792. The van der Waals surface area contributed by atoms with Crippen LogP contribution in [0.25, 0.3) is 0 Å². The largest absolute Gasteiger partial charge is 0.362 e. The van der Waals surface area contributed by atoms with Crippen LogP contribution in [0.3, 0.4) is 0 Å². The van der Waals surface area contributed by atoms with Gasteiger partial charge < -0.3 is 15.5 Å². The van der Waals surface area contributed by atoms with Crippen LogP contribution in [0.5, 0.6) is 0 Å². The number of nitrogens with zero attached hydrogens (tertiary/aromatic N) is 1. The molecule has 2 heterocycles. The van der Waals surface area contributed by atoms with Crippen molar-refractivity contribution >= 4 is 17.3 Å². The molecular formula is C20H22FN3O. The summed E-state index contributed by atoms with van der Waals surface area (Å²) in [5.74, 6) is -0.310. The first-order chi connectivity index (χ1) is 12.1. The number of hydrogen-bond acceptors (Lipinski definition) is 3. The number of likely N-dealkylation sites (N-methyl/N-ethyl adjacent to an activating group) is 1. The second-order valence-electron chi connectivity index (χ2n) is 6.88. The lowest BCUT2D eigenvalue weighted by Crippen LogP contribution is -2.40. The van der Waals surface area contributed by atoms with Gasteiger partial charge >= 0.3 is 0 Å². The minimum atomic E-state index is -0.386. The maximum Gasteiger partial charge on any atom is 0.247 e. The van der Waals surface area contributed by atoms with E-state index in [0.717, 1.165) is 36.4 Å². The zero-order chi connectivity index (χ0) is 17.6. The maximum atomic E-state index is 14.2. The third-order valence-corrected chi connectivity index (χ3v) is 5.35. The second kappa shape index (κ2) is 6.15. The molecule has 1 atom stereocenters. The fourth-order valence-corrected chi connectivity index (χ4v) is 4.03. The molecule has 1 amide bonds. The van der Waals surface area contributed by atoms with Crippen molar-refractivity contribution < 1.29 is 9.18 Å². The maximum absolute atomic E-state index is 14.2. The number of rotatable bonds is 2. The molecule has 130 valence electrons. The Morgan fingerprint density at radius 3 is 2.92 bits per heavy atom. The Hall–Kier alpha value is -2.40. The molecule has 2 N–H and O–H groups in total. The number of hydrogen-bond donors (Lipinski definition) is 2. The Bertz CT molecular complexity index is 849. The Kier molecular flexibility index (Phi) is 3.96. The summed E-state index contributed by atoms with van der Waals surface area (Å²) in [4.78, 5) is 14.8. The molecule has 0 spiro atoms. The highest BCUT2D eigenvalue weighted by atomic mass is 19.1. The zero-order valence-corrected chi connectivity index (χ0v) is 14.5. The zero-order valence-electron chi connectivity index (χ0n) is 14.5. The van der Waals surface area contributed by atoms with Crippen LogP contribution in [0.4, 0.5) is 15.8 Å². The van der Waals surface area contributed by atoms with Gasteiger partial charge in [-0.2, -0.15) is 0 Å². The lowest BCUT2D eigenvalue weighted by molar-refractivity contribution is -0.117. The molecule has 1 unspecified atom stereocenters. The molecule has 4 rings (SSSR count). The van der Waals surface area contributed by atoms with Gasteiger partial charge in [0.25, 0.3) is 0 Å². The molecule has 0 aromatic heterocycles. The van der Waals surface area contributed by atoms with Crippen LogP contribution < -0.4 is 15.5 Å². The van der Waals surface area contributed by atoms with E-state index in [-0.39, 0.29) is 17.8 Å². The van der Waals surface area contributed by atoms with Crippen molar-refractivity contribution in [1.29, 1.82) is 0 Å². The minimum Gasteiger partial charge on any atom is -0.362 e. The van der Waals surface area contributed by atoms with E-state index in [4.69, 9.17) is 0 Å². The number of nitrogens with one attached hydrogen (secondary N) is 2. The molecular weight excluding hydrogens is 317 g/mol. The van der Waals surface area contributed by atoms with Crippen molar-refractivity contribution in [3.8, 4) is 0 Å². The van der Waals surface area contributed by atoms with E-state index in [9.17, 15) is 9.18 Å². The summed E-state index contributed by atoms with van der Waals surface area (Å²) in [5, 5.41) is 6.43. The fraction of sp³-hybridized carbons (Fsp3) is 0.350. The van der Waals surface area contributed by atoms with E-state index < -0.39 is 0 Å². The number of halogens is 1. The average molecular weight is 339 g/mol. The number of anilines is 2. The van der Waals surface area contributed by atoms with Crippen LogP contribution in [-0.2, 0) is 24.2 Å². The fourth-order valence-electron chi connectivity index (χ4n) is 4.03. The van der Waals surface area contributed by atoms with E-state index >= 15 is 0 Å². The number of carbonyl (C=O) groups is 1. The summed E-state index contributed by atoms with van der Waals surface area (Å²) < 4.78 is 14.2. The van der Waals surface area contributed by atoms with Gasteiger partial charge in [-0.05, 0) is 48.7 Å². The van der Waals surface area contributed by atoms with Crippen LogP contribution in [0, 0.1) is 12.7 Å². The van der Waals surface area contributed by atoms with Crippen molar-refractivity contribution in [1.82, 2.24) is 5.32 Å². The van der Waals surface area contributed by atoms with Crippen LogP contribution in [0.2, 0.25) is 0 Å². The Labute approximate surface area is 147 Å². The number of amides is 1. The first kappa shape index (κ1) is 16.1. The Balaban J connectivity index is 1.59. The van der Waals surface area contributed by atoms with Gasteiger partial charge in [0.2, 0.25) is 5.91 Å². The van der Waals surface area contributed by atoms with Gasteiger partial charge in [0, 0.05) is 37.0 Å². The molecule has 0 saturated heterocycles. The standard InChI is InChI=1S/C20H22FN3O/c1-12-6-7-16(21)15-10-18(24(2)19(12)15)20(25)23-17-5-3-4-13-11-22-9-8-14(13)17/h3-7,18,22H,8-11H2,1-2H3,(H,23,25). The number of fused-ring (bicyclic) bond motifs is 2. The molecule has 2 aromatic carbocycles. The summed E-state index contributed by atoms with van der Waals surface area (Å²) in [6.07, 6.45) is 1.31. The molecule has 25 heavy (non-hydrogen) atoms. The molecule has 0 bridgehead atoms. The third-order valence-electron chi connectivity index (χ3n) is 5.35. The lowest BCUT2D eigenvalue weighted by atomic mass is 9.98. The average Bonchev–Trinajstić information content (AvgIpc) is 2.97. The molecule has 0 saturated carbocycles. The summed E-state index contributed by atoms with van der Waals surface area (Å²) >= 11 is 0. The first-order valence-electron chi connectivity index (χ1n) is 8.69. The quantitative estimate of drug-likeness (QED) is 0.884. The molecule has 5 heteroatoms. The van der Waals surface area contributed by atoms with E-state index in [1.54, 1.807) is 6.07 Å². The van der Waals surface area contributed by atoms with Crippen LogP contribution in [0.15, 0.2) is 30.3 Å². The van der Waals surface area contributed by atoms with Crippen LogP contribution in [-0.4, -0.2) is 25.5 Å². The van der Waals surface area contributed by atoms with Gasteiger partial charge in [-0.15, -0.1) is 0 Å². The predicted molar refractivity (Wildman–Crippen MR) is 97.5 cm³/mol. The lowest BCUT2D eigenvalue weighted by Gasteiger charge is -2.25. The van der Waals surface area contributed by atoms with E-state index in [0.29, 0.717) is 12.0 Å². The van der Waals surface area contributed by atoms with E-state index in [1.807, 2.05) is 31.0 Å². The molecule has 2 aromatic rings. The topological polar surface area (TPSA) is 44.4 Å². The van der Waals surface area contributed by atoms with E-state index in [2.05, 4.69) is 16.7 Å². The van der Waals surface area contributed by atoms with Crippen molar-refractivity contribution in [3.05, 3.63) is 58.4 Å². The number of carbonyl (C=O) groups excluding carboxylic acids is 1. The molecule has 0 fully saturated rings. The molecule has 0 aliphatic carbocycles. The van der Waals surface area contributed by atoms with Crippen LogP contribution >= 0.6 is 0 Å². The monoisotopic (exact) mass is 339 g/mol. The van der Waals surface area contributed by atoms with Gasteiger partial charge in [0.05, 0.1) is 0 Å². The number of aryl methyl sites for hydroxylation is 1. The highest BCUT2D eigenvalue weighted by Gasteiger charge is 2.35. The van der Waals surface area contributed by atoms with Crippen molar-refractivity contribution in [2.45, 2.75) is 32.4 Å². The first-order valence-corrected chi connectivity index (χ1v) is 8.69. The summed E-state index contributed by atoms with van der Waals surface area (Å²) in [7, 11) is 1.87.